The van der Waals surface area contributed by atoms with Crippen molar-refractivity contribution in [3.8, 4) is 0 Å². The van der Waals surface area contributed by atoms with E-state index in [0.717, 1.165) is 24.0 Å². The highest BCUT2D eigenvalue weighted by atomic mass is 32.2. The van der Waals surface area contributed by atoms with Gasteiger partial charge in [-0.2, -0.15) is 0 Å². The molecule has 0 unspecified atom stereocenters. The van der Waals surface area contributed by atoms with Crippen molar-refractivity contribution >= 4 is 38.9 Å². The molecule has 2 aromatic rings. The lowest BCUT2D eigenvalue weighted by Crippen LogP contribution is -2.20. The van der Waals surface area contributed by atoms with E-state index < -0.39 is 22.0 Å². The number of fused-ring (bicyclic) bond motifs is 1. The molecule has 28 heavy (non-hydrogen) atoms. The zero-order valence-corrected chi connectivity index (χ0v) is 16.8. The number of carbonyl (C=O) groups is 2. The maximum absolute atomic E-state index is 11.4. The number of hydrogen-bond donors (Lipinski definition) is 4. The third-order valence-electron chi connectivity index (χ3n) is 3.74. The van der Waals surface area contributed by atoms with Gasteiger partial charge < -0.3 is 20.1 Å². The largest absolute Gasteiger partial charge is 0.473 e. The van der Waals surface area contributed by atoms with Crippen molar-refractivity contribution in [2.24, 2.45) is 0 Å². The van der Waals surface area contributed by atoms with Crippen LogP contribution in [0, 0.1) is 0 Å². The Morgan fingerprint density at radius 3 is 2.39 bits per heavy atom. The molecular formula is C18H25N3O6S. The highest BCUT2D eigenvalue weighted by Gasteiger charge is 2.06. The van der Waals surface area contributed by atoms with Gasteiger partial charge in [-0.25, -0.2) is 22.7 Å². The van der Waals surface area contributed by atoms with Crippen LogP contribution in [0.1, 0.15) is 11.1 Å². The molecule has 2 rings (SSSR count). The van der Waals surface area contributed by atoms with Crippen LogP contribution in [0.4, 0.5) is 0 Å². The molecule has 1 aromatic heterocycles. The number of rotatable bonds is 7. The molecule has 1 heterocycles. The lowest BCUT2D eigenvalue weighted by Gasteiger charge is -2.08. The van der Waals surface area contributed by atoms with Crippen LogP contribution in [0.3, 0.4) is 0 Å². The van der Waals surface area contributed by atoms with Crippen molar-refractivity contribution in [1.29, 1.82) is 0 Å². The number of aromatic nitrogens is 1. The van der Waals surface area contributed by atoms with Gasteiger partial charge in [0.15, 0.2) is 0 Å². The Hall–Kier alpha value is -2.69. The number of sulfonamides is 1. The second-order valence-corrected chi connectivity index (χ2v) is 8.14. The maximum atomic E-state index is 11.4. The quantitative estimate of drug-likeness (QED) is 0.498. The van der Waals surface area contributed by atoms with Gasteiger partial charge >= 0.3 is 11.9 Å². The number of H-pyrrole nitrogens is 1. The van der Waals surface area contributed by atoms with Gasteiger partial charge in [-0.05, 0) is 50.8 Å². The van der Waals surface area contributed by atoms with Crippen LogP contribution < -0.4 is 4.72 Å². The first-order chi connectivity index (χ1) is 13.1. The third kappa shape index (κ3) is 7.91. The smallest absolute Gasteiger partial charge is 0.414 e. The molecule has 0 spiro atoms. The molecule has 0 atom stereocenters. The normalized spacial score (nSPS) is 11.6. The van der Waals surface area contributed by atoms with Crippen molar-refractivity contribution < 1.29 is 28.2 Å². The zero-order valence-electron chi connectivity index (χ0n) is 16.0. The molecule has 0 aliphatic heterocycles. The van der Waals surface area contributed by atoms with E-state index in [1.165, 1.54) is 18.0 Å². The summed E-state index contributed by atoms with van der Waals surface area (Å²) in [5, 5.41) is 16.0. The van der Waals surface area contributed by atoms with Crippen molar-refractivity contribution in [1.82, 2.24) is 14.6 Å². The molecule has 10 heteroatoms. The summed E-state index contributed by atoms with van der Waals surface area (Å²) in [6.45, 7) is 0.993. The zero-order chi connectivity index (χ0) is 21.3. The highest BCUT2D eigenvalue weighted by Crippen LogP contribution is 2.21. The first-order valence-electron chi connectivity index (χ1n) is 8.34. The summed E-state index contributed by atoms with van der Waals surface area (Å²) in [5.74, 6) is -3.66. The van der Waals surface area contributed by atoms with Gasteiger partial charge in [0, 0.05) is 23.6 Å². The highest BCUT2D eigenvalue weighted by molar-refractivity contribution is 7.89. The fraction of sp³-hybridized carbons (Fsp3) is 0.333. The monoisotopic (exact) mass is 411 g/mol. The molecule has 0 bridgehead atoms. The molecule has 4 N–H and O–H groups in total. The van der Waals surface area contributed by atoms with Crippen LogP contribution in [-0.4, -0.2) is 73.9 Å². The Kier molecular flexibility index (Phi) is 8.83. The van der Waals surface area contributed by atoms with Gasteiger partial charge in [0.1, 0.15) is 0 Å². The third-order valence-corrected chi connectivity index (χ3v) is 4.99. The average Bonchev–Trinajstić information content (AvgIpc) is 3.02. The molecule has 0 saturated carbocycles. The number of hydrogen-bond acceptors (Lipinski definition) is 5. The fourth-order valence-corrected chi connectivity index (χ4v) is 2.76. The van der Waals surface area contributed by atoms with Gasteiger partial charge in [-0.15, -0.1) is 0 Å². The van der Waals surface area contributed by atoms with Crippen molar-refractivity contribution in [3.63, 3.8) is 0 Å². The summed E-state index contributed by atoms with van der Waals surface area (Å²) in [7, 11) is 2.35. The van der Waals surface area contributed by atoms with Crippen LogP contribution in [-0.2, 0) is 26.0 Å². The Bertz CT molecular complexity index is 935. The van der Waals surface area contributed by atoms with Gasteiger partial charge in [0.25, 0.3) is 0 Å². The number of benzene rings is 1. The summed E-state index contributed by atoms with van der Waals surface area (Å²) in [6, 6.07) is 6.11. The number of nitrogens with zero attached hydrogens (tertiary/aromatic N) is 1. The Morgan fingerprint density at radius 2 is 1.86 bits per heavy atom. The average molecular weight is 411 g/mol. The minimum atomic E-state index is -3.20. The van der Waals surface area contributed by atoms with Gasteiger partial charge in [-0.3, -0.25) is 0 Å². The number of nitrogens with one attached hydrogen (secondary N) is 2. The predicted octanol–water partition coefficient (Wildman–Crippen LogP) is 0.990. The molecule has 154 valence electrons. The molecule has 0 saturated heterocycles. The van der Waals surface area contributed by atoms with Crippen molar-refractivity contribution in [2.45, 2.75) is 6.42 Å². The van der Waals surface area contributed by atoms with E-state index in [9.17, 15) is 8.42 Å². The Balaban J connectivity index is 0.000000568. The van der Waals surface area contributed by atoms with Crippen LogP contribution in [0.15, 0.2) is 30.5 Å². The van der Waals surface area contributed by atoms with E-state index in [2.05, 4.69) is 34.8 Å². The second kappa shape index (κ2) is 10.6. The number of carboxylic acids is 2. The van der Waals surface area contributed by atoms with E-state index in [-0.39, 0.29) is 5.75 Å². The minimum Gasteiger partial charge on any atom is -0.473 e. The Labute approximate surface area is 163 Å². The standard InChI is InChI=1S/C16H23N3O2S.C2H2O4/c1-17-22(20,21)10-4-5-13-6-7-16-15(11-13)14(12-18-16)8-9-19(2)3;3-1(4)2(5)6/h4-7,11-12,17-18H,8-10H2,1-3H3;(H,3,4)(H,5,6). The summed E-state index contributed by atoms with van der Waals surface area (Å²) < 4.78 is 25.1. The second-order valence-electron chi connectivity index (χ2n) is 6.17. The van der Waals surface area contributed by atoms with E-state index in [0.29, 0.717) is 0 Å². The molecule has 0 aliphatic rings. The van der Waals surface area contributed by atoms with Gasteiger partial charge in [0.05, 0.1) is 5.75 Å². The van der Waals surface area contributed by atoms with E-state index in [1.54, 1.807) is 6.08 Å². The number of aromatic amines is 1. The van der Waals surface area contributed by atoms with E-state index in [1.807, 2.05) is 24.4 Å². The summed E-state index contributed by atoms with van der Waals surface area (Å²) in [6.07, 6.45) is 6.54. The van der Waals surface area contributed by atoms with Gasteiger partial charge in [0.2, 0.25) is 10.0 Å². The number of aliphatic carboxylic acids is 2. The van der Waals surface area contributed by atoms with Crippen LogP contribution in [0.25, 0.3) is 17.0 Å². The topological polar surface area (TPSA) is 140 Å². The van der Waals surface area contributed by atoms with Crippen LogP contribution >= 0.6 is 0 Å². The molecule has 1 aromatic carbocycles. The molecule has 0 fully saturated rings. The predicted molar refractivity (Wildman–Crippen MR) is 108 cm³/mol. The lowest BCUT2D eigenvalue weighted by atomic mass is 10.1. The van der Waals surface area contributed by atoms with Gasteiger partial charge in [-0.1, -0.05) is 18.2 Å². The van der Waals surface area contributed by atoms with Crippen molar-refractivity contribution in [3.05, 3.63) is 41.6 Å². The molecular weight excluding hydrogens is 386 g/mol. The van der Waals surface area contributed by atoms with Crippen LogP contribution in [0.2, 0.25) is 0 Å². The molecule has 0 amide bonds. The Morgan fingerprint density at radius 1 is 1.21 bits per heavy atom. The fourth-order valence-electron chi connectivity index (χ4n) is 2.24. The molecule has 9 nitrogen and oxygen atoms in total. The lowest BCUT2D eigenvalue weighted by molar-refractivity contribution is -0.159. The first kappa shape index (κ1) is 23.3. The summed E-state index contributed by atoms with van der Waals surface area (Å²) >= 11 is 0. The summed E-state index contributed by atoms with van der Waals surface area (Å²) in [5.41, 5.74) is 3.39. The maximum Gasteiger partial charge on any atom is 0.414 e. The molecule has 0 aliphatic carbocycles. The SMILES string of the molecule is CNS(=O)(=O)CC=Cc1ccc2[nH]cc(CCN(C)C)c2c1.O=C(O)C(=O)O. The van der Waals surface area contributed by atoms with Crippen molar-refractivity contribution in [2.75, 3.05) is 33.4 Å². The minimum absolute atomic E-state index is 0.0117. The van der Waals surface area contributed by atoms with Crippen LogP contribution in [0.5, 0.6) is 0 Å². The molecule has 0 radical (unpaired) electrons. The summed E-state index contributed by atoms with van der Waals surface area (Å²) in [4.78, 5) is 23.6. The van der Waals surface area contributed by atoms with E-state index in [4.69, 9.17) is 19.8 Å². The van der Waals surface area contributed by atoms with E-state index >= 15 is 0 Å². The first-order valence-corrected chi connectivity index (χ1v) is 9.99. The number of likely N-dealkylation sites (N-methyl/N-ethyl adjacent to an activating group) is 1. The number of carboxylic acid groups (broad SMARTS) is 2.